The van der Waals surface area contributed by atoms with Crippen LogP contribution in [0.3, 0.4) is 0 Å². The Balaban J connectivity index is 1.68. The molecule has 0 bridgehead atoms. The van der Waals surface area contributed by atoms with E-state index >= 15 is 0 Å². The Bertz CT molecular complexity index is 1330. The van der Waals surface area contributed by atoms with Crippen LogP contribution in [0.15, 0.2) is 73.2 Å². The van der Waals surface area contributed by atoms with Crippen molar-refractivity contribution >= 4 is 34.1 Å². The van der Waals surface area contributed by atoms with Crippen molar-refractivity contribution < 1.29 is 27.1 Å². The highest BCUT2D eigenvalue weighted by molar-refractivity contribution is 8.01. The van der Waals surface area contributed by atoms with Gasteiger partial charge in [0, 0.05) is 22.5 Å². The van der Waals surface area contributed by atoms with Gasteiger partial charge in [-0.3, -0.25) is 0 Å². The van der Waals surface area contributed by atoms with Gasteiger partial charge in [-0.25, -0.2) is 14.2 Å². The summed E-state index contributed by atoms with van der Waals surface area (Å²) in [6, 6.07) is 12.0. The van der Waals surface area contributed by atoms with Crippen molar-refractivity contribution in [2.24, 2.45) is 0 Å². The van der Waals surface area contributed by atoms with Gasteiger partial charge in [0.25, 0.3) is 0 Å². The zero-order valence-electron chi connectivity index (χ0n) is 16.4. The molecule has 2 aromatic heterocycles. The van der Waals surface area contributed by atoms with Gasteiger partial charge in [0.05, 0.1) is 4.88 Å². The SMILES string of the molecule is CC[C@@](O)(c1cnc(Sc2ccc3c(-c4ccc(F)cc4)cc(=O)oc3c2)s1)C(F)(F)F. The summed E-state index contributed by atoms with van der Waals surface area (Å²) in [5.74, 6) is -0.400. The Morgan fingerprint density at radius 3 is 2.50 bits per heavy atom. The average molecular weight is 481 g/mol. The maximum atomic E-state index is 13.3. The molecule has 0 saturated carbocycles. The molecular formula is C22H15F4NO3S2. The molecule has 1 N–H and O–H groups in total. The van der Waals surface area contributed by atoms with Gasteiger partial charge >= 0.3 is 11.8 Å². The minimum atomic E-state index is -4.82. The number of benzene rings is 2. The van der Waals surface area contributed by atoms with Crippen molar-refractivity contribution in [2.45, 2.75) is 34.4 Å². The van der Waals surface area contributed by atoms with Gasteiger partial charge in [0.15, 0.2) is 9.94 Å². The number of hydrogen-bond acceptors (Lipinski definition) is 6. The smallest absolute Gasteiger partial charge is 0.422 e. The summed E-state index contributed by atoms with van der Waals surface area (Å²) in [4.78, 5) is 16.4. The molecule has 4 aromatic rings. The fraction of sp³-hybridized carbons (Fsp3) is 0.182. The first-order valence-corrected chi connectivity index (χ1v) is 11.0. The predicted molar refractivity (Wildman–Crippen MR) is 114 cm³/mol. The highest BCUT2D eigenvalue weighted by Crippen LogP contribution is 2.45. The summed E-state index contributed by atoms with van der Waals surface area (Å²) >= 11 is 1.84. The number of thiazole rings is 1. The van der Waals surface area contributed by atoms with E-state index in [4.69, 9.17) is 4.42 Å². The zero-order chi connectivity index (χ0) is 23.1. The van der Waals surface area contributed by atoms with Crippen LogP contribution >= 0.6 is 23.1 Å². The number of rotatable bonds is 5. The standard InChI is InChI=1S/C22H15F4NO3S2/c1-2-21(29,22(24,25)26)18-11-27-20(32-18)31-14-7-8-15-16(10-19(28)30-17(15)9-14)12-3-5-13(23)6-4-12/h3-11,29H,2H2,1H3/t21-/m1/s1. The molecule has 0 spiro atoms. The lowest BCUT2D eigenvalue weighted by molar-refractivity contribution is -0.266. The van der Waals surface area contributed by atoms with Gasteiger partial charge in [0.2, 0.25) is 0 Å². The summed E-state index contributed by atoms with van der Waals surface area (Å²) in [5.41, 5.74) is -2.06. The topological polar surface area (TPSA) is 63.3 Å². The van der Waals surface area contributed by atoms with E-state index in [0.717, 1.165) is 29.3 Å². The second kappa shape index (κ2) is 8.34. The Morgan fingerprint density at radius 1 is 1.12 bits per heavy atom. The number of nitrogens with zero attached hydrogens (tertiary/aromatic N) is 1. The van der Waals surface area contributed by atoms with Crippen LogP contribution in [0.4, 0.5) is 17.6 Å². The lowest BCUT2D eigenvalue weighted by Gasteiger charge is -2.27. The third-order valence-electron chi connectivity index (χ3n) is 4.95. The maximum Gasteiger partial charge on any atom is 0.422 e. The molecular weight excluding hydrogens is 466 g/mol. The first kappa shape index (κ1) is 22.5. The molecule has 0 unspecified atom stereocenters. The van der Waals surface area contributed by atoms with Crippen LogP contribution in [0.5, 0.6) is 0 Å². The van der Waals surface area contributed by atoms with Crippen LogP contribution in [0, 0.1) is 5.82 Å². The van der Waals surface area contributed by atoms with E-state index in [1.54, 1.807) is 30.3 Å². The monoisotopic (exact) mass is 481 g/mol. The molecule has 166 valence electrons. The van der Waals surface area contributed by atoms with Crippen molar-refractivity contribution in [3.63, 3.8) is 0 Å². The number of aromatic nitrogens is 1. The highest BCUT2D eigenvalue weighted by atomic mass is 32.2. The normalized spacial score (nSPS) is 13.9. The fourth-order valence-electron chi connectivity index (χ4n) is 3.19. The van der Waals surface area contributed by atoms with E-state index in [9.17, 15) is 27.5 Å². The number of fused-ring (bicyclic) bond motifs is 1. The van der Waals surface area contributed by atoms with Crippen molar-refractivity contribution in [1.29, 1.82) is 0 Å². The van der Waals surface area contributed by atoms with Crippen molar-refractivity contribution in [1.82, 2.24) is 4.98 Å². The minimum absolute atomic E-state index is 0.277. The molecule has 4 rings (SSSR count). The molecule has 0 aliphatic carbocycles. The van der Waals surface area contributed by atoms with Crippen LogP contribution in [-0.4, -0.2) is 16.3 Å². The van der Waals surface area contributed by atoms with E-state index in [2.05, 4.69) is 4.98 Å². The second-order valence-electron chi connectivity index (χ2n) is 6.95. The van der Waals surface area contributed by atoms with E-state index in [1.807, 2.05) is 0 Å². The van der Waals surface area contributed by atoms with E-state index in [-0.39, 0.29) is 10.5 Å². The van der Waals surface area contributed by atoms with Crippen molar-refractivity contribution in [3.05, 3.63) is 75.8 Å². The lowest BCUT2D eigenvalue weighted by atomic mass is 9.99. The predicted octanol–water partition coefficient (Wildman–Crippen LogP) is 6.37. The fourth-order valence-corrected chi connectivity index (χ4v) is 5.35. The lowest BCUT2D eigenvalue weighted by Crippen LogP contribution is -2.40. The molecule has 0 aliphatic rings. The van der Waals surface area contributed by atoms with Crippen LogP contribution in [0.25, 0.3) is 22.1 Å². The average Bonchev–Trinajstić information content (AvgIpc) is 3.21. The van der Waals surface area contributed by atoms with Crippen LogP contribution in [0.1, 0.15) is 18.2 Å². The Morgan fingerprint density at radius 2 is 1.84 bits per heavy atom. The van der Waals surface area contributed by atoms with Gasteiger partial charge in [-0.05, 0) is 47.9 Å². The zero-order valence-corrected chi connectivity index (χ0v) is 18.1. The summed E-state index contributed by atoms with van der Waals surface area (Å²) in [6.07, 6.45) is -4.33. The minimum Gasteiger partial charge on any atom is -0.423 e. The Hall–Kier alpha value is -2.69. The number of hydrogen-bond donors (Lipinski definition) is 1. The molecule has 2 aromatic carbocycles. The highest BCUT2D eigenvalue weighted by Gasteiger charge is 2.54. The molecule has 0 radical (unpaired) electrons. The van der Waals surface area contributed by atoms with E-state index < -0.39 is 29.6 Å². The third-order valence-corrected chi connectivity index (χ3v) is 7.16. The molecule has 0 amide bonds. The summed E-state index contributed by atoms with van der Waals surface area (Å²) in [7, 11) is 0. The van der Waals surface area contributed by atoms with Crippen LogP contribution in [0.2, 0.25) is 0 Å². The third kappa shape index (κ3) is 4.17. The van der Waals surface area contributed by atoms with Crippen LogP contribution in [-0.2, 0) is 5.60 Å². The number of halogens is 4. The molecule has 1 atom stereocenters. The summed E-state index contributed by atoms with van der Waals surface area (Å²) < 4.78 is 58.7. The molecule has 10 heteroatoms. The maximum absolute atomic E-state index is 13.3. The Labute approximate surface area is 187 Å². The van der Waals surface area contributed by atoms with Gasteiger partial charge in [-0.1, -0.05) is 30.8 Å². The Kier molecular flexibility index (Phi) is 5.87. The molecule has 2 heterocycles. The first-order valence-electron chi connectivity index (χ1n) is 9.38. The van der Waals surface area contributed by atoms with Crippen LogP contribution < -0.4 is 5.63 Å². The second-order valence-corrected chi connectivity index (χ2v) is 9.30. The van der Waals surface area contributed by atoms with E-state index in [0.29, 0.717) is 25.7 Å². The largest absolute Gasteiger partial charge is 0.423 e. The van der Waals surface area contributed by atoms with Crippen molar-refractivity contribution in [3.8, 4) is 11.1 Å². The first-order chi connectivity index (χ1) is 15.1. The summed E-state index contributed by atoms with van der Waals surface area (Å²) in [5, 5.41) is 10.7. The molecule has 4 nitrogen and oxygen atoms in total. The molecule has 0 saturated heterocycles. The van der Waals surface area contributed by atoms with Crippen molar-refractivity contribution in [2.75, 3.05) is 0 Å². The molecule has 32 heavy (non-hydrogen) atoms. The van der Waals surface area contributed by atoms with Gasteiger partial charge in [-0.15, -0.1) is 11.3 Å². The van der Waals surface area contributed by atoms with Gasteiger partial charge < -0.3 is 9.52 Å². The summed E-state index contributed by atoms with van der Waals surface area (Å²) in [6.45, 7) is 1.25. The number of aliphatic hydroxyl groups is 1. The molecule has 0 aliphatic heterocycles. The van der Waals surface area contributed by atoms with E-state index in [1.165, 1.54) is 25.1 Å². The molecule has 0 fully saturated rings. The number of alkyl halides is 3. The van der Waals surface area contributed by atoms with Gasteiger partial charge in [0.1, 0.15) is 11.4 Å². The van der Waals surface area contributed by atoms with Gasteiger partial charge in [-0.2, -0.15) is 13.2 Å². The quantitative estimate of drug-likeness (QED) is 0.265.